The number of hydrogen-bond acceptors (Lipinski definition) is 3. The van der Waals surface area contributed by atoms with E-state index >= 15 is 0 Å². The normalized spacial score (nSPS) is 17.3. The van der Waals surface area contributed by atoms with Crippen LogP contribution in [0.15, 0.2) is 18.2 Å². The highest BCUT2D eigenvalue weighted by molar-refractivity contribution is 5.24. The van der Waals surface area contributed by atoms with Gasteiger partial charge in [-0.05, 0) is 44.7 Å². The molecule has 1 fully saturated rings. The van der Waals surface area contributed by atoms with Crippen LogP contribution in [0, 0.1) is 23.0 Å². The molecular weight excluding hydrogens is 262 g/mol. The zero-order valence-corrected chi connectivity index (χ0v) is 11.5. The van der Waals surface area contributed by atoms with E-state index in [4.69, 9.17) is 4.74 Å². The van der Waals surface area contributed by atoms with Crippen LogP contribution in [0.4, 0.5) is 8.78 Å². The highest BCUT2D eigenvalue weighted by Crippen LogP contribution is 2.25. The Morgan fingerprint density at radius 3 is 2.85 bits per heavy atom. The highest BCUT2D eigenvalue weighted by atomic mass is 19.2. The SMILES string of the molecule is CC(C#N)(CCCOc1cccc(F)c1F)NC1CC1. The van der Waals surface area contributed by atoms with Crippen LogP contribution in [0.25, 0.3) is 0 Å². The van der Waals surface area contributed by atoms with Crippen LogP contribution in [0.3, 0.4) is 0 Å². The average Bonchev–Trinajstić information content (AvgIpc) is 3.23. The topological polar surface area (TPSA) is 45.0 Å². The first-order chi connectivity index (χ1) is 9.54. The van der Waals surface area contributed by atoms with Crippen LogP contribution in [0.2, 0.25) is 0 Å². The van der Waals surface area contributed by atoms with E-state index in [1.807, 2.05) is 6.92 Å². The number of halogens is 2. The molecule has 20 heavy (non-hydrogen) atoms. The van der Waals surface area contributed by atoms with Crippen molar-refractivity contribution in [2.24, 2.45) is 0 Å². The average molecular weight is 280 g/mol. The zero-order chi connectivity index (χ0) is 14.6. The third kappa shape index (κ3) is 3.91. The summed E-state index contributed by atoms with van der Waals surface area (Å²) in [5, 5.41) is 12.5. The minimum Gasteiger partial charge on any atom is -0.490 e. The molecule has 1 saturated carbocycles. The molecule has 108 valence electrons. The Labute approximate surface area is 117 Å². The van der Waals surface area contributed by atoms with Gasteiger partial charge in [-0.3, -0.25) is 5.32 Å². The van der Waals surface area contributed by atoms with Crippen LogP contribution < -0.4 is 10.1 Å². The van der Waals surface area contributed by atoms with Gasteiger partial charge in [0.05, 0.1) is 12.7 Å². The lowest BCUT2D eigenvalue weighted by molar-refractivity contribution is 0.269. The van der Waals surface area contributed by atoms with Crippen LogP contribution in [0.5, 0.6) is 5.75 Å². The molecular formula is C15H18F2N2O. The number of nitrogens with one attached hydrogen (secondary N) is 1. The van der Waals surface area contributed by atoms with Crippen molar-refractivity contribution in [1.82, 2.24) is 5.32 Å². The van der Waals surface area contributed by atoms with Crippen molar-refractivity contribution in [3.8, 4) is 11.8 Å². The number of rotatable bonds is 7. The molecule has 5 heteroatoms. The van der Waals surface area contributed by atoms with E-state index in [0.717, 1.165) is 18.9 Å². The lowest BCUT2D eigenvalue weighted by Gasteiger charge is -2.23. The van der Waals surface area contributed by atoms with E-state index in [0.29, 0.717) is 18.9 Å². The molecule has 1 aliphatic rings. The van der Waals surface area contributed by atoms with E-state index in [2.05, 4.69) is 11.4 Å². The van der Waals surface area contributed by atoms with Gasteiger partial charge in [0.25, 0.3) is 0 Å². The summed E-state index contributed by atoms with van der Waals surface area (Å²) in [7, 11) is 0. The molecule has 1 aliphatic carbocycles. The molecule has 1 aromatic rings. The second kappa shape index (κ2) is 6.19. The van der Waals surface area contributed by atoms with Gasteiger partial charge in [-0.2, -0.15) is 9.65 Å². The van der Waals surface area contributed by atoms with Gasteiger partial charge >= 0.3 is 0 Å². The first-order valence-electron chi connectivity index (χ1n) is 6.80. The molecule has 0 heterocycles. The third-order valence-corrected chi connectivity index (χ3v) is 3.34. The summed E-state index contributed by atoms with van der Waals surface area (Å²) in [5.74, 6) is -1.97. The zero-order valence-electron chi connectivity index (χ0n) is 11.5. The van der Waals surface area contributed by atoms with Gasteiger partial charge in [0.2, 0.25) is 5.82 Å². The molecule has 2 rings (SSSR count). The van der Waals surface area contributed by atoms with E-state index in [1.165, 1.54) is 12.1 Å². The molecule has 1 unspecified atom stereocenters. The molecule has 0 bridgehead atoms. The molecule has 1 atom stereocenters. The Balaban J connectivity index is 1.78. The van der Waals surface area contributed by atoms with E-state index in [1.54, 1.807) is 0 Å². The van der Waals surface area contributed by atoms with Gasteiger partial charge in [-0.25, -0.2) is 4.39 Å². The predicted molar refractivity (Wildman–Crippen MR) is 71.3 cm³/mol. The van der Waals surface area contributed by atoms with Gasteiger partial charge < -0.3 is 4.74 Å². The molecule has 0 radical (unpaired) electrons. The molecule has 1 N–H and O–H groups in total. The minimum atomic E-state index is -0.966. The first-order valence-corrected chi connectivity index (χ1v) is 6.80. The summed E-state index contributed by atoms with van der Waals surface area (Å²) in [6.07, 6.45) is 3.43. The summed E-state index contributed by atoms with van der Waals surface area (Å²) in [6.45, 7) is 2.11. The lowest BCUT2D eigenvalue weighted by Crippen LogP contribution is -2.42. The van der Waals surface area contributed by atoms with Crippen molar-refractivity contribution < 1.29 is 13.5 Å². The Morgan fingerprint density at radius 2 is 2.20 bits per heavy atom. The second-order valence-corrected chi connectivity index (χ2v) is 5.37. The van der Waals surface area contributed by atoms with E-state index in [9.17, 15) is 14.0 Å². The van der Waals surface area contributed by atoms with Crippen LogP contribution in [-0.2, 0) is 0 Å². The highest BCUT2D eigenvalue weighted by Gasteiger charge is 2.31. The van der Waals surface area contributed by atoms with Crippen LogP contribution in [-0.4, -0.2) is 18.2 Å². The van der Waals surface area contributed by atoms with Crippen molar-refractivity contribution >= 4 is 0 Å². The summed E-state index contributed by atoms with van der Waals surface area (Å²) in [5.41, 5.74) is -0.578. The maximum atomic E-state index is 13.3. The Kier molecular flexibility index (Phi) is 4.56. The largest absolute Gasteiger partial charge is 0.490 e. The standard InChI is InChI=1S/C15H18F2N2O/c1-15(10-18,19-11-6-7-11)8-3-9-20-13-5-2-4-12(16)14(13)17/h2,4-5,11,19H,3,6-9H2,1H3. The Hall–Kier alpha value is -1.67. The van der Waals surface area contributed by atoms with Crippen molar-refractivity contribution in [2.45, 2.75) is 44.2 Å². The molecule has 3 nitrogen and oxygen atoms in total. The Bertz CT molecular complexity index is 511. The fourth-order valence-electron chi connectivity index (χ4n) is 2.04. The van der Waals surface area contributed by atoms with E-state index < -0.39 is 17.2 Å². The molecule has 0 spiro atoms. The van der Waals surface area contributed by atoms with Crippen molar-refractivity contribution in [3.63, 3.8) is 0 Å². The third-order valence-electron chi connectivity index (χ3n) is 3.34. The number of nitriles is 1. The number of nitrogens with zero attached hydrogens (tertiary/aromatic N) is 1. The van der Waals surface area contributed by atoms with Gasteiger partial charge in [0.1, 0.15) is 5.54 Å². The van der Waals surface area contributed by atoms with Crippen molar-refractivity contribution in [2.75, 3.05) is 6.61 Å². The lowest BCUT2D eigenvalue weighted by atomic mass is 9.98. The quantitative estimate of drug-likeness (QED) is 0.780. The molecule has 0 aromatic heterocycles. The fraction of sp³-hybridized carbons (Fsp3) is 0.533. The molecule has 0 saturated heterocycles. The van der Waals surface area contributed by atoms with Crippen LogP contribution in [0.1, 0.15) is 32.6 Å². The van der Waals surface area contributed by atoms with Crippen molar-refractivity contribution in [1.29, 1.82) is 5.26 Å². The Morgan fingerprint density at radius 1 is 1.45 bits per heavy atom. The van der Waals surface area contributed by atoms with E-state index in [-0.39, 0.29) is 12.4 Å². The number of ether oxygens (including phenoxy) is 1. The van der Waals surface area contributed by atoms with Crippen molar-refractivity contribution in [3.05, 3.63) is 29.8 Å². The predicted octanol–water partition coefficient (Wildman–Crippen LogP) is 3.16. The van der Waals surface area contributed by atoms with Gasteiger partial charge in [-0.15, -0.1) is 0 Å². The fourth-order valence-corrected chi connectivity index (χ4v) is 2.04. The minimum absolute atomic E-state index is 0.0844. The van der Waals surface area contributed by atoms with Gasteiger partial charge in [-0.1, -0.05) is 6.07 Å². The second-order valence-electron chi connectivity index (χ2n) is 5.37. The number of hydrogen-bond donors (Lipinski definition) is 1. The monoisotopic (exact) mass is 280 g/mol. The molecule has 0 amide bonds. The molecule has 0 aliphatic heterocycles. The smallest absolute Gasteiger partial charge is 0.200 e. The maximum Gasteiger partial charge on any atom is 0.200 e. The summed E-state index contributed by atoms with van der Waals surface area (Å²) in [6, 6.07) is 6.56. The maximum absolute atomic E-state index is 13.3. The van der Waals surface area contributed by atoms with Gasteiger partial charge in [0.15, 0.2) is 11.6 Å². The summed E-state index contributed by atoms with van der Waals surface area (Å²) >= 11 is 0. The van der Waals surface area contributed by atoms with Gasteiger partial charge in [0, 0.05) is 6.04 Å². The first kappa shape index (κ1) is 14.7. The van der Waals surface area contributed by atoms with Crippen LogP contribution >= 0.6 is 0 Å². The summed E-state index contributed by atoms with van der Waals surface area (Å²) in [4.78, 5) is 0. The summed E-state index contributed by atoms with van der Waals surface area (Å²) < 4.78 is 31.5. The number of benzene rings is 1. The molecule has 1 aromatic carbocycles.